The molecule has 0 bridgehead atoms. The lowest BCUT2D eigenvalue weighted by Crippen LogP contribution is -2.31. The van der Waals surface area contributed by atoms with Crippen LogP contribution in [0.1, 0.15) is 86.0 Å². The first kappa shape index (κ1) is 31.9. The maximum atomic E-state index is 12.8. The van der Waals surface area contributed by atoms with Crippen LogP contribution in [0.15, 0.2) is 54.6 Å². The van der Waals surface area contributed by atoms with Gasteiger partial charge in [-0.15, -0.1) is 0 Å². The Morgan fingerprint density at radius 3 is 2.27 bits per heavy atom. The predicted molar refractivity (Wildman–Crippen MR) is 184 cm³/mol. The van der Waals surface area contributed by atoms with E-state index < -0.39 is 0 Å². The molecule has 3 aliphatic heterocycles. The van der Waals surface area contributed by atoms with Crippen molar-refractivity contribution >= 4 is 40.7 Å². The van der Waals surface area contributed by atoms with Gasteiger partial charge in [0, 0.05) is 46.1 Å². The van der Waals surface area contributed by atoms with Crippen LogP contribution in [0.5, 0.6) is 0 Å². The summed E-state index contributed by atoms with van der Waals surface area (Å²) in [6.07, 6.45) is 10.3. The Kier molecular flexibility index (Phi) is 10.9. The summed E-state index contributed by atoms with van der Waals surface area (Å²) >= 11 is 20.5. The molecule has 3 aromatic rings. The van der Waals surface area contributed by atoms with Gasteiger partial charge < -0.3 is 10.2 Å². The Labute approximate surface area is 278 Å². The highest BCUT2D eigenvalue weighted by Gasteiger charge is 2.29. The molecule has 1 amide bonds. The molecule has 3 aromatic carbocycles. The summed E-state index contributed by atoms with van der Waals surface area (Å²) in [5, 5.41) is 5.15. The van der Waals surface area contributed by atoms with Crippen molar-refractivity contribution in [3.8, 4) is 11.1 Å². The maximum Gasteiger partial charge on any atom is 0.220 e. The molecule has 4 nitrogen and oxygen atoms in total. The second kappa shape index (κ2) is 15.0. The maximum absolute atomic E-state index is 12.8. The number of amides is 1. The molecule has 234 valence electrons. The van der Waals surface area contributed by atoms with E-state index in [1.165, 1.54) is 75.7 Å². The van der Waals surface area contributed by atoms with Crippen molar-refractivity contribution in [1.82, 2.24) is 15.1 Å². The van der Waals surface area contributed by atoms with Gasteiger partial charge in [0.15, 0.2) is 0 Å². The Hall–Kier alpha value is -2.08. The topological polar surface area (TPSA) is 35.6 Å². The third kappa shape index (κ3) is 7.65. The van der Waals surface area contributed by atoms with Gasteiger partial charge in [-0.05, 0) is 129 Å². The second-order valence-corrected chi connectivity index (χ2v) is 14.2. The normalized spacial score (nSPS) is 22.0. The fraction of sp³-hybridized carbons (Fsp3) is 0.486. The molecule has 1 unspecified atom stereocenters. The molecule has 0 radical (unpaired) electrons. The Balaban J connectivity index is 1.35. The number of nitrogens with zero attached hydrogens (tertiary/aromatic N) is 2. The molecule has 0 saturated carbocycles. The summed E-state index contributed by atoms with van der Waals surface area (Å²) in [5.41, 5.74) is 6.51. The highest BCUT2D eigenvalue weighted by atomic mass is 35.5. The van der Waals surface area contributed by atoms with Gasteiger partial charge in [-0.25, -0.2) is 0 Å². The molecule has 6 rings (SSSR count). The van der Waals surface area contributed by atoms with E-state index in [1.807, 2.05) is 36.4 Å². The van der Waals surface area contributed by atoms with Crippen molar-refractivity contribution in [1.29, 1.82) is 0 Å². The molecule has 0 aliphatic carbocycles. The van der Waals surface area contributed by atoms with Crippen molar-refractivity contribution in [3.05, 3.63) is 91.9 Å². The molecule has 3 aliphatic rings. The van der Waals surface area contributed by atoms with E-state index >= 15 is 0 Å². The molecule has 2 fully saturated rings. The zero-order chi connectivity index (χ0) is 30.5. The van der Waals surface area contributed by atoms with Crippen LogP contribution in [-0.4, -0.2) is 48.4 Å². The van der Waals surface area contributed by atoms with E-state index in [0.717, 1.165) is 47.8 Å². The lowest BCUT2D eigenvalue weighted by atomic mass is 9.80. The number of halogens is 3. The SMILES string of the molecule is O=C1CCC(c2c(Cl)cccc2Cl)c2cc(CN3CCCC[C@H](CCN4CCCC4)CC3)cc(-c3ccccc3Cl)c2CN1. The third-order valence-electron chi connectivity index (χ3n) is 10.0. The number of nitrogens with one attached hydrogen (secondary N) is 1. The minimum absolute atomic E-state index is 0.0397. The van der Waals surface area contributed by atoms with E-state index in [-0.39, 0.29) is 11.8 Å². The lowest BCUT2D eigenvalue weighted by molar-refractivity contribution is -0.121. The van der Waals surface area contributed by atoms with E-state index in [4.69, 9.17) is 34.8 Å². The summed E-state index contributed by atoms with van der Waals surface area (Å²) in [4.78, 5) is 18.1. The predicted octanol–water partition coefficient (Wildman–Crippen LogP) is 9.33. The number of likely N-dealkylation sites (tertiary alicyclic amines) is 2. The molecule has 3 heterocycles. The number of carbonyl (C=O) groups excluding carboxylic acids is 1. The van der Waals surface area contributed by atoms with Crippen molar-refractivity contribution < 1.29 is 4.79 Å². The van der Waals surface area contributed by atoms with Crippen molar-refractivity contribution in [2.24, 2.45) is 5.92 Å². The summed E-state index contributed by atoms with van der Waals surface area (Å²) in [7, 11) is 0. The Morgan fingerprint density at radius 2 is 1.48 bits per heavy atom. The molecular weight excluding hydrogens is 609 g/mol. The highest BCUT2D eigenvalue weighted by Crippen LogP contribution is 2.44. The number of hydrogen-bond donors (Lipinski definition) is 1. The molecule has 2 atom stereocenters. The van der Waals surface area contributed by atoms with Crippen LogP contribution in [0.3, 0.4) is 0 Å². The van der Waals surface area contributed by atoms with E-state index in [0.29, 0.717) is 34.5 Å². The number of fused-ring (bicyclic) bond motifs is 1. The third-order valence-corrected chi connectivity index (χ3v) is 11.0. The van der Waals surface area contributed by atoms with Gasteiger partial charge in [0.25, 0.3) is 0 Å². The number of rotatable bonds is 7. The molecular formula is C37H44Cl3N3O. The van der Waals surface area contributed by atoms with Crippen LogP contribution in [0.4, 0.5) is 0 Å². The first-order valence-corrected chi connectivity index (χ1v) is 17.7. The zero-order valence-electron chi connectivity index (χ0n) is 25.6. The molecule has 44 heavy (non-hydrogen) atoms. The Bertz CT molecular complexity index is 1430. The zero-order valence-corrected chi connectivity index (χ0v) is 27.9. The first-order chi connectivity index (χ1) is 21.5. The van der Waals surface area contributed by atoms with E-state index in [2.05, 4.69) is 33.3 Å². The molecule has 2 saturated heterocycles. The Morgan fingerprint density at radius 1 is 0.750 bits per heavy atom. The van der Waals surface area contributed by atoms with Crippen molar-refractivity contribution in [3.63, 3.8) is 0 Å². The average Bonchev–Trinajstić information content (AvgIpc) is 3.52. The van der Waals surface area contributed by atoms with Gasteiger partial charge >= 0.3 is 0 Å². The minimum atomic E-state index is -0.0965. The van der Waals surface area contributed by atoms with Gasteiger partial charge in [-0.1, -0.05) is 78.0 Å². The minimum Gasteiger partial charge on any atom is -0.352 e. The summed E-state index contributed by atoms with van der Waals surface area (Å²) in [6, 6.07) is 18.4. The van der Waals surface area contributed by atoms with Crippen molar-refractivity contribution in [2.45, 2.75) is 76.8 Å². The van der Waals surface area contributed by atoms with Gasteiger partial charge in [-0.2, -0.15) is 0 Å². The van der Waals surface area contributed by atoms with Crippen LogP contribution in [0.25, 0.3) is 11.1 Å². The molecule has 0 aromatic heterocycles. The summed E-state index contributed by atoms with van der Waals surface area (Å²) in [6.45, 7) is 7.41. The van der Waals surface area contributed by atoms with Crippen molar-refractivity contribution in [2.75, 3.05) is 32.7 Å². The van der Waals surface area contributed by atoms with Crippen LogP contribution in [0.2, 0.25) is 15.1 Å². The first-order valence-electron chi connectivity index (χ1n) is 16.5. The standard InChI is InChI=1S/C37H44Cl3N3O/c38-33-10-2-1-9-28(33)30-22-27(25-43-19-4-3-8-26(16-21-43)15-20-42-17-5-6-18-42)23-31-29(13-14-36(44)41-24-32(30)31)37-34(39)11-7-12-35(37)40/h1-2,7,9-12,22-23,26,29H,3-6,8,13-21,24-25H2,(H,41,44)/t26-,29?/m1/s1. The second-order valence-electron chi connectivity index (χ2n) is 13.0. The van der Waals surface area contributed by atoms with Gasteiger partial charge in [0.05, 0.1) is 0 Å². The molecule has 1 N–H and O–H groups in total. The van der Waals surface area contributed by atoms with Crippen LogP contribution < -0.4 is 5.32 Å². The molecule has 7 heteroatoms. The average molecular weight is 653 g/mol. The van der Waals surface area contributed by atoms with Crippen LogP contribution in [-0.2, 0) is 17.9 Å². The highest BCUT2D eigenvalue weighted by molar-refractivity contribution is 6.36. The summed E-state index contributed by atoms with van der Waals surface area (Å²) in [5.74, 6) is 0.752. The number of benzene rings is 3. The fourth-order valence-corrected chi connectivity index (χ4v) is 8.49. The molecule has 0 spiro atoms. The number of hydrogen-bond acceptors (Lipinski definition) is 3. The quantitative estimate of drug-likeness (QED) is 0.276. The van der Waals surface area contributed by atoms with Gasteiger partial charge in [0.1, 0.15) is 0 Å². The smallest absolute Gasteiger partial charge is 0.220 e. The van der Waals surface area contributed by atoms with E-state index in [1.54, 1.807) is 0 Å². The summed E-state index contributed by atoms with van der Waals surface area (Å²) < 4.78 is 0. The number of carbonyl (C=O) groups is 1. The largest absolute Gasteiger partial charge is 0.352 e. The van der Waals surface area contributed by atoms with Crippen LogP contribution in [0, 0.1) is 5.92 Å². The van der Waals surface area contributed by atoms with Gasteiger partial charge in [-0.3, -0.25) is 9.69 Å². The van der Waals surface area contributed by atoms with Crippen LogP contribution >= 0.6 is 34.8 Å². The van der Waals surface area contributed by atoms with E-state index in [9.17, 15) is 4.79 Å². The lowest BCUT2D eigenvalue weighted by Gasteiger charge is -2.31. The fourth-order valence-electron chi connectivity index (χ4n) is 7.59. The monoisotopic (exact) mass is 651 g/mol. The van der Waals surface area contributed by atoms with Gasteiger partial charge in [0.2, 0.25) is 5.91 Å².